The summed E-state index contributed by atoms with van der Waals surface area (Å²) in [6, 6.07) is 17.8. The van der Waals surface area contributed by atoms with Crippen LogP contribution in [0.1, 0.15) is 17.7 Å². The maximum absolute atomic E-state index is 12.9. The van der Waals surface area contributed by atoms with Crippen molar-refractivity contribution in [2.24, 2.45) is 0 Å². The summed E-state index contributed by atoms with van der Waals surface area (Å²) in [6.45, 7) is 2.66. The number of thioether (sulfide) groups is 1. The predicted octanol–water partition coefficient (Wildman–Crippen LogP) is 4.91. The predicted molar refractivity (Wildman–Crippen MR) is 94.9 cm³/mol. The van der Waals surface area contributed by atoms with Crippen molar-refractivity contribution in [2.45, 2.75) is 12.2 Å². The Bertz CT molecular complexity index is 585. The standard InChI is InChI=1S/C17H18BrNOS/c1-3-19(15-11-9-14(18)10-12-15)17(20)16(21-2)13-7-5-4-6-8-13/h4-12,16H,3H2,1-2H3. The number of carbonyl (C=O) groups excluding carboxylic acids is 1. The van der Waals surface area contributed by atoms with E-state index in [0.717, 1.165) is 15.7 Å². The van der Waals surface area contributed by atoms with Crippen LogP contribution >= 0.6 is 27.7 Å². The third-order valence-corrected chi connectivity index (χ3v) is 4.76. The molecule has 0 spiro atoms. The molecule has 0 aromatic heterocycles. The molecule has 0 saturated heterocycles. The second-order valence-electron chi connectivity index (χ2n) is 4.59. The van der Waals surface area contributed by atoms with Crippen LogP contribution in [0, 0.1) is 0 Å². The number of halogens is 1. The zero-order valence-corrected chi connectivity index (χ0v) is 14.5. The van der Waals surface area contributed by atoms with Gasteiger partial charge in [0, 0.05) is 16.7 Å². The molecule has 2 rings (SSSR count). The fourth-order valence-corrected chi connectivity index (χ4v) is 3.26. The SMILES string of the molecule is CCN(C(=O)C(SC)c1ccccc1)c1ccc(Br)cc1. The number of amides is 1. The Kier molecular flexibility index (Phi) is 5.88. The smallest absolute Gasteiger partial charge is 0.244 e. The minimum atomic E-state index is -0.171. The molecule has 0 heterocycles. The molecule has 1 atom stereocenters. The van der Waals surface area contributed by atoms with Gasteiger partial charge in [-0.05, 0) is 43.0 Å². The molecule has 0 saturated carbocycles. The van der Waals surface area contributed by atoms with Crippen LogP contribution in [0.2, 0.25) is 0 Å². The molecule has 21 heavy (non-hydrogen) atoms. The average Bonchev–Trinajstić information content (AvgIpc) is 2.52. The summed E-state index contributed by atoms with van der Waals surface area (Å²) < 4.78 is 1.01. The summed E-state index contributed by atoms with van der Waals surface area (Å²) in [5, 5.41) is -0.171. The molecule has 0 fully saturated rings. The number of benzene rings is 2. The lowest BCUT2D eigenvalue weighted by Gasteiger charge is -2.26. The lowest BCUT2D eigenvalue weighted by molar-refractivity contribution is -0.118. The molecular weight excluding hydrogens is 346 g/mol. The maximum Gasteiger partial charge on any atom is 0.244 e. The third-order valence-electron chi connectivity index (χ3n) is 3.28. The number of nitrogens with zero attached hydrogens (tertiary/aromatic N) is 1. The van der Waals surface area contributed by atoms with Crippen LogP contribution in [0.25, 0.3) is 0 Å². The lowest BCUT2D eigenvalue weighted by Crippen LogP contribution is -2.34. The molecule has 0 N–H and O–H groups in total. The highest BCUT2D eigenvalue weighted by molar-refractivity contribution is 9.10. The molecule has 2 aromatic carbocycles. The van der Waals surface area contributed by atoms with E-state index in [-0.39, 0.29) is 11.2 Å². The van der Waals surface area contributed by atoms with E-state index in [4.69, 9.17) is 0 Å². The average molecular weight is 364 g/mol. The molecule has 0 radical (unpaired) electrons. The van der Waals surface area contributed by atoms with E-state index in [1.165, 1.54) is 0 Å². The highest BCUT2D eigenvalue weighted by atomic mass is 79.9. The summed E-state index contributed by atoms with van der Waals surface area (Å²) in [5.41, 5.74) is 1.98. The zero-order chi connectivity index (χ0) is 15.2. The van der Waals surface area contributed by atoms with E-state index in [1.807, 2.05) is 72.7 Å². The topological polar surface area (TPSA) is 20.3 Å². The van der Waals surface area contributed by atoms with Gasteiger partial charge in [-0.1, -0.05) is 46.3 Å². The van der Waals surface area contributed by atoms with E-state index in [0.29, 0.717) is 6.54 Å². The van der Waals surface area contributed by atoms with Gasteiger partial charge in [-0.2, -0.15) is 0 Å². The fraction of sp³-hybridized carbons (Fsp3) is 0.235. The van der Waals surface area contributed by atoms with E-state index >= 15 is 0 Å². The number of rotatable bonds is 5. The summed E-state index contributed by atoms with van der Waals surface area (Å²) in [6.07, 6.45) is 1.98. The monoisotopic (exact) mass is 363 g/mol. The van der Waals surface area contributed by atoms with Crippen LogP contribution in [0.15, 0.2) is 59.1 Å². The second kappa shape index (κ2) is 7.66. The van der Waals surface area contributed by atoms with E-state index in [1.54, 1.807) is 11.8 Å². The van der Waals surface area contributed by atoms with E-state index < -0.39 is 0 Å². The van der Waals surface area contributed by atoms with Crippen molar-refractivity contribution in [3.05, 3.63) is 64.6 Å². The van der Waals surface area contributed by atoms with Crippen molar-refractivity contribution < 1.29 is 4.79 Å². The molecule has 0 aliphatic heterocycles. The first-order valence-corrected chi connectivity index (χ1v) is 8.90. The molecule has 110 valence electrons. The van der Waals surface area contributed by atoms with E-state index in [9.17, 15) is 4.79 Å². The van der Waals surface area contributed by atoms with Crippen molar-refractivity contribution in [3.63, 3.8) is 0 Å². The van der Waals surface area contributed by atoms with Crippen molar-refractivity contribution in [3.8, 4) is 0 Å². The first kappa shape index (κ1) is 16.1. The molecule has 0 bridgehead atoms. The Balaban J connectivity index is 2.28. The number of hydrogen-bond acceptors (Lipinski definition) is 2. The normalized spacial score (nSPS) is 12.0. The van der Waals surface area contributed by atoms with E-state index in [2.05, 4.69) is 15.9 Å². The van der Waals surface area contributed by atoms with Gasteiger partial charge in [0.25, 0.3) is 0 Å². The summed E-state index contributed by atoms with van der Waals surface area (Å²) in [7, 11) is 0. The van der Waals surface area contributed by atoms with Gasteiger partial charge in [-0.25, -0.2) is 0 Å². The first-order valence-electron chi connectivity index (χ1n) is 6.82. The van der Waals surface area contributed by atoms with Gasteiger partial charge in [-0.15, -0.1) is 11.8 Å². The van der Waals surface area contributed by atoms with Gasteiger partial charge < -0.3 is 4.90 Å². The Labute approximate surface area is 138 Å². The molecule has 1 amide bonds. The van der Waals surface area contributed by atoms with Crippen molar-refractivity contribution in [1.29, 1.82) is 0 Å². The third kappa shape index (κ3) is 3.89. The summed E-state index contributed by atoms with van der Waals surface area (Å²) in [5.74, 6) is 0.124. The molecule has 1 unspecified atom stereocenters. The molecular formula is C17H18BrNOS. The van der Waals surface area contributed by atoms with Crippen molar-refractivity contribution in [1.82, 2.24) is 0 Å². The van der Waals surface area contributed by atoms with Gasteiger partial charge in [-0.3, -0.25) is 4.79 Å². The van der Waals surface area contributed by atoms with Gasteiger partial charge in [0.2, 0.25) is 5.91 Å². The maximum atomic E-state index is 12.9. The van der Waals surface area contributed by atoms with Gasteiger partial charge in [0.05, 0.1) is 0 Å². The summed E-state index contributed by atoms with van der Waals surface area (Å²) in [4.78, 5) is 14.7. The minimum Gasteiger partial charge on any atom is -0.311 e. The molecule has 0 aliphatic rings. The van der Waals surface area contributed by atoms with Crippen LogP contribution in [0.4, 0.5) is 5.69 Å². The van der Waals surface area contributed by atoms with Crippen molar-refractivity contribution >= 4 is 39.3 Å². The minimum absolute atomic E-state index is 0.124. The Morgan fingerprint density at radius 3 is 2.29 bits per heavy atom. The van der Waals surface area contributed by atoms with Crippen LogP contribution in [0.3, 0.4) is 0 Å². The molecule has 4 heteroatoms. The van der Waals surface area contributed by atoms with Gasteiger partial charge in [0.15, 0.2) is 0 Å². The van der Waals surface area contributed by atoms with Crippen LogP contribution in [-0.4, -0.2) is 18.7 Å². The highest BCUT2D eigenvalue weighted by Crippen LogP contribution is 2.31. The molecule has 2 nitrogen and oxygen atoms in total. The summed E-state index contributed by atoms with van der Waals surface area (Å²) >= 11 is 5.00. The largest absolute Gasteiger partial charge is 0.311 e. The van der Waals surface area contributed by atoms with Crippen LogP contribution in [-0.2, 0) is 4.79 Å². The Morgan fingerprint density at radius 2 is 1.76 bits per heavy atom. The molecule has 0 aliphatic carbocycles. The fourth-order valence-electron chi connectivity index (χ4n) is 2.24. The zero-order valence-electron chi connectivity index (χ0n) is 12.1. The highest BCUT2D eigenvalue weighted by Gasteiger charge is 2.25. The van der Waals surface area contributed by atoms with Gasteiger partial charge >= 0.3 is 0 Å². The number of hydrogen-bond donors (Lipinski definition) is 0. The number of carbonyl (C=O) groups is 1. The Morgan fingerprint density at radius 1 is 1.14 bits per heavy atom. The quantitative estimate of drug-likeness (QED) is 0.752. The van der Waals surface area contributed by atoms with Crippen LogP contribution < -0.4 is 4.90 Å². The molecule has 2 aromatic rings. The lowest BCUT2D eigenvalue weighted by atomic mass is 10.1. The number of likely N-dealkylation sites (N-methyl/N-ethyl adjacent to an activating group) is 1. The second-order valence-corrected chi connectivity index (χ2v) is 6.44. The van der Waals surface area contributed by atoms with Crippen molar-refractivity contribution in [2.75, 3.05) is 17.7 Å². The first-order chi connectivity index (χ1) is 10.2. The van der Waals surface area contributed by atoms with Crippen LogP contribution in [0.5, 0.6) is 0 Å². The Hall–Kier alpha value is -1.26. The number of anilines is 1. The van der Waals surface area contributed by atoms with Gasteiger partial charge in [0.1, 0.15) is 5.25 Å².